The van der Waals surface area contributed by atoms with Crippen LogP contribution in [0.15, 0.2) is 54.9 Å². The van der Waals surface area contributed by atoms with Gasteiger partial charge in [0.25, 0.3) is 0 Å². The van der Waals surface area contributed by atoms with Gasteiger partial charge in [-0.05, 0) is 49.3 Å². The lowest BCUT2D eigenvalue weighted by Crippen LogP contribution is -2.19. The van der Waals surface area contributed by atoms with Gasteiger partial charge in [-0.25, -0.2) is 4.39 Å². The average Bonchev–Trinajstić information content (AvgIpc) is 3.01. The Morgan fingerprint density at radius 1 is 1.12 bits per heavy atom. The lowest BCUT2D eigenvalue weighted by Gasteiger charge is -2.12. The Morgan fingerprint density at radius 3 is 2.72 bits per heavy atom. The van der Waals surface area contributed by atoms with E-state index in [4.69, 9.17) is 12.2 Å². The molecule has 0 aliphatic carbocycles. The maximum absolute atomic E-state index is 13.7. The fourth-order valence-corrected chi connectivity index (χ4v) is 2.71. The Hall–Kier alpha value is -2.73. The quantitative estimate of drug-likeness (QED) is 0.677. The van der Waals surface area contributed by atoms with E-state index < -0.39 is 0 Å². The lowest BCUT2D eigenvalue weighted by molar-refractivity contribution is 0.585. The minimum absolute atomic E-state index is 0.236. The predicted molar refractivity (Wildman–Crippen MR) is 103 cm³/mol. The van der Waals surface area contributed by atoms with Crippen LogP contribution in [0.25, 0.3) is 0 Å². The number of benzene rings is 2. The number of nitrogens with zero attached hydrogens (tertiary/aromatic N) is 2. The Kier molecular flexibility index (Phi) is 5.09. The van der Waals surface area contributed by atoms with Crippen molar-refractivity contribution in [1.29, 1.82) is 0 Å². The van der Waals surface area contributed by atoms with Crippen molar-refractivity contribution in [3.63, 3.8) is 0 Å². The van der Waals surface area contributed by atoms with E-state index in [2.05, 4.69) is 28.7 Å². The monoisotopic (exact) mass is 354 g/mol. The van der Waals surface area contributed by atoms with Crippen molar-refractivity contribution in [2.24, 2.45) is 0 Å². The first-order chi connectivity index (χ1) is 12.0. The van der Waals surface area contributed by atoms with E-state index in [0.29, 0.717) is 17.2 Å². The molecule has 3 aromatic rings. The van der Waals surface area contributed by atoms with Crippen LogP contribution in [0.2, 0.25) is 0 Å². The van der Waals surface area contributed by atoms with Crippen LogP contribution in [0, 0.1) is 19.7 Å². The number of aromatic nitrogens is 2. The van der Waals surface area contributed by atoms with E-state index in [-0.39, 0.29) is 5.82 Å². The molecule has 0 bridgehead atoms. The third-order valence-corrected chi connectivity index (χ3v) is 4.24. The van der Waals surface area contributed by atoms with Crippen molar-refractivity contribution in [2.75, 3.05) is 10.6 Å². The molecule has 0 saturated heterocycles. The molecule has 2 N–H and O–H groups in total. The molecule has 0 radical (unpaired) electrons. The summed E-state index contributed by atoms with van der Waals surface area (Å²) in [6, 6.07) is 12.7. The van der Waals surface area contributed by atoms with Crippen LogP contribution in [0.3, 0.4) is 0 Å². The summed E-state index contributed by atoms with van der Waals surface area (Å²) in [5.41, 5.74) is 4.66. The smallest absolute Gasteiger partial charge is 0.175 e. The molecule has 0 saturated carbocycles. The maximum Gasteiger partial charge on any atom is 0.175 e. The summed E-state index contributed by atoms with van der Waals surface area (Å²) in [5.74, 6) is -0.236. The van der Waals surface area contributed by atoms with Crippen molar-refractivity contribution in [3.8, 4) is 0 Å². The van der Waals surface area contributed by atoms with E-state index in [1.165, 1.54) is 11.6 Å². The van der Waals surface area contributed by atoms with Crippen LogP contribution in [0.4, 0.5) is 15.8 Å². The molecule has 1 heterocycles. The number of rotatable bonds is 4. The SMILES string of the molecule is Cc1cccc(NC(=S)Nc2cnn(Cc3ccccc3F)c2)c1C. The first-order valence-corrected chi connectivity index (χ1v) is 8.34. The number of hydrogen-bond donors (Lipinski definition) is 2. The standard InChI is InChI=1S/C19H19FN4S/c1-13-6-5-9-18(14(13)2)23-19(25)22-16-10-21-24(12-16)11-15-7-3-4-8-17(15)20/h3-10,12H,11H2,1-2H3,(H2,22,23,25). The molecular formula is C19H19FN4S. The maximum atomic E-state index is 13.7. The van der Waals surface area contributed by atoms with Gasteiger partial charge in [-0.15, -0.1) is 0 Å². The fraction of sp³-hybridized carbons (Fsp3) is 0.158. The van der Waals surface area contributed by atoms with Gasteiger partial charge in [-0.2, -0.15) is 5.10 Å². The van der Waals surface area contributed by atoms with Crippen LogP contribution in [0.1, 0.15) is 16.7 Å². The topological polar surface area (TPSA) is 41.9 Å². The van der Waals surface area contributed by atoms with Crippen molar-refractivity contribution in [2.45, 2.75) is 20.4 Å². The fourth-order valence-electron chi connectivity index (χ4n) is 2.49. The zero-order chi connectivity index (χ0) is 17.8. The molecule has 0 aliphatic heterocycles. The number of thiocarbonyl (C=S) groups is 1. The van der Waals surface area contributed by atoms with Gasteiger partial charge in [0.15, 0.2) is 5.11 Å². The van der Waals surface area contributed by atoms with Gasteiger partial charge in [-0.3, -0.25) is 4.68 Å². The number of nitrogens with one attached hydrogen (secondary N) is 2. The third-order valence-electron chi connectivity index (χ3n) is 4.03. The highest BCUT2D eigenvalue weighted by molar-refractivity contribution is 7.80. The molecule has 2 aromatic carbocycles. The van der Waals surface area contributed by atoms with Crippen LogP contribution < -0.4 is 10.6 Å². The first-order valence-electron chi connectivity index (χ1n) is 7.93. The number of halogens is 1. The summed E-state index contributed by atoms with van der Waals surface area (Å²) in [5, 5.41) is 11.0. The summed E-state index contributed by atoms with van der Waals surface area (Å²) in [7, 11) is 0. The van der Waals surface area contributed by atoms with Crippen molar-refractivity contribution in [3.05, 3.63) is 77.4 Å². The van der Waals surface area contributed by atoms with Gasteiger partial charge < -0.3 is 10.6 Å². The second-order valence-electron chi connectivity index (χ2n) is 5.84. The molecule has 6 heteroatoms. The number of anilines is 2. The molecule has 0 atom stereocenters. The second-order valence-corrected chi connectivity index (χ2v) is 6.25. The van der Waals surface area contributed by atoms with Crippen molar-refractivity contribution >= 4 is 28.7 Å². The van der Waals surface area contributed by atoms with Crippen molar-refractivity contribution in [1.82, 2.24) is 9.78 Å². The molecule has 0 amide bonds. The molecule has 3 rings (SSSR count). The first kappa shape index (κ1) is 17.1. The summed E-state index contributed by atoms with van der Waals surface area (Å²) in [6.07, 6.45) is 3.46. The normalized spacial score (nSPS) is 10.5. The highest BCUT2D eigenvalue weighted by Crippen LogP contribution is 2.18. The largest absolute Gasteiger partial charge is 0.332 e. The highest BCUT2D eigenvalue weighted by atomic mass is 32.1. The highest BCUT2D eigenvalue weighted by Gasteiger charge is 2.06. The van der Waals surface area contributed by atoms with Crippen LogP contribution in [-0.2, 0) is 6.54 Å². The number of aryl methyl sites for hydroxylation is 1. The average molecular weight is 354 g/mol. The molecule has 0 unspecified atom stereocenters. The predicted octanol–water partition coefficient (Wildman–Crippen LogP) is 4.50. The minimum Gasteiger partial charge on any atom is -0.332 e. The Balaban J connectivity index is 1.64. The Bertz CT molecular complexity index is 904. The van der Waals surface area contributed by atoms with E-state index in [0.717, 1.165) is 16.9 Å². The lowest BCUT2D eigenvalue weighted by atomic mass is 10.1. The number of hydrogen-bond acceptors (Lipinski definition) is 2. The van der Waals surface area contributed by atoms with Gasteiger partial charge in [0, 0.05) is 17.4 Å². The summed E-state index contributed by atoms with van der Waals surface area (Å²) in [4.78, 5) is 0. The van der Waals surface area contributed by atoms with Gasteiger partial charge in [-0.1, -0.05) is 30.3 Å². The molecule has 25 heavy (non-hydrogen) atoms. The molecule has 128 valence electrons. The molecule has 0 fully saturated rings. The molecular weight excluding hydrogens is 335 g/mol. The zero-order valence-electron chi connectivity index (χ0n) is 14.1. The minimum atomic E-state index is -0.236. The van der Waals surface area contributed by atoms with Gasteiger partial charge >= 0.3 is 0 Å². The molecule has 1 aromatic heterocycles. The van der Waals surface area contributed by atoms with Gasteiger partial charge in [0.1, 0.15) is 5.82 Å². The van der Waals surface area contributed by atoms with Crippen LogP contribution in [0.5, 0.6) is 0 Å². The summed E-state index contributed by atoms with van der Waals surface area (Å²) < 4.78 is 15.4. The Labute approximate surface area is 151 Å². The summed E-state index contributed by atoms with van der Waals surface area (Å²) >= 11 is 5.36. The Morgan fingerprint density at radius 2 is 1.92 bits per heavy atom. The summed E-state index contributed by atoms with van der Waals surface area (Å²) in [6.45, 7) is 4.47. The van der Waals surface area contributed by atoms with Gasteiger partial charge in [0.05, 0.1) is 18.4 Å². The van der Waals surface area contributed by atoms with Crippen LogP contribution in [-0.4, -0.2) is 14.9 Å². The zero-order valence-corrected chi connectivity index (χ0v) is 14.9. The second kappa shape index (κ2) is 7.44. The van der Waals surface area contributed by atoms with Crippen LogP contribution >= 0.6 is 12.2 Å². The van der Waals surface area contributed by atoms with E-state index >= 15 is 0 Å². The molecule has 0 spiro atoms. The van der Waals surface area contributed by atoms with E-state index in [9.17, 15) is 4.39 Å². The van der Waals surface area contributed by atoms with Gasteiger partial charge in [0.2, 0.25) is 0 Å². The van der Waals surface area contributed by atoms with E-state index in [1.54, 1.807) is 29.2 Å². The van der Waals surface area contributed by atoms with Crippen molar-refractivity contribution < 1.29 is 4.39 Å². The third kappa shape index (κ3) is 4.22. The molecule has 0 aliphatic rings. The molecule has 4 nitrogen and oxygen atoms in total. The van der Waals surface area contributed by atoms with E-state index in [1.807, 2.05) is 25.1 Å².